The molecule has 2 nitrogen and oxygen atoms in total. The lowest BCUT2D eigenvalue weighted by atomic mass is 9.90. The maximum Gasteiger partial charge on any atom is 0.121 e. The summed E-state index contributed by atoms with van der Waals surface area (Å²) in [5.74, 6) is 1.01. The summed E-state index contributed by atoms with van der Waals surface area (Å²) < 4.78 is 0. The molecule has 0 bridgehead atoms. The molecule has 3 heteroatoms. The first-order valence-corrected chi connectivity index (χ1v) is 5.76. The standard InChI is InChI=1S/C12H16ClNO/c1-8-4-5-14-11(6-8)10-3-2-9(13)7-12(10)15/h2-3,7-8,11,14-15H,4-6H2,1H3/t8-,11+/m0/s1. The largest absolute Gasteiger partial charge is 0.508 e. The number of nitrogens with one attached hydrogen (secondary N) is 1. The predicted octanol–water partition coefficient (Wildman–Crippen LogP) is 3.11. The smallest absolute Gasteiger partial charge is 0.121 e. The highest BCUT2D eigenvalue weighted by Gasteiger charge is 2.21. The van der Waals surface area contributed by atoms with Gasteiger partial charge in [-0.2, -0.15) is 0 Å². The van der Waals surface area contributed by atoms with Crippen LogP contribution in [-0.4, -0.2) is 11.7 Å². The van der Waals surface area contributed by atoms with Gasteiger partial charge in [0.1, 0.15) is 5.75 Å². The zero-order chi connectivity index (χ0) is 10.8. The molecule has 15 heavy (non-hydrogen) atoms. The summed E-state index contributed by atoms with van der Waals surface area (Å²) >= 11 is 5.80. The molecule has 2 N–H and O–H groups in total. The van der Waals surface area contributed by atoms with Crippen LogP contribution in [0.25, 0.3) is 0 Å². The Bertz CT molecular complexity index is 353. The number of aromatic hydroxyl groups is 1. The third-order valence-corrected chi connectivity index (χ3v) is 3.27. The highest BCUT2D eigenvalue weighted by molar-refractivity contribution is 6.30. The van der Waals surface area contributed by atoms with Crippen LogP contribution in [0, 0.1) is 5.92 Å². The molecule has 1 heterocycles. The van der Waals surface area contributed by atoms with E-state index in [9.17, 15) is 5.11 Å². The summed E-state index contributed by atoms with van der Waals surface area (Å²) in [6.45, 7) is 3.27. The number of piperidine rings is 1. The number of rotatable bonds is 1. The van der Waals surface area contributed by atoms with E-state index in [0.717, 1.165) is 18.5 Å². The van der Waals surface area contributed by atoms with Gasteiger partial charge in [0, 0.05) is 16.6 Å². The molecule has 1 aliphatic rings. The van der Waals surface area contributed by atoms with E-state index in [1.165, 1.54) is 6.42 Å². The van der Waals surface area contributed by atoms with Crippen LogP contribution in [0.4, 0.5) is 0 Å². The average molecular weight is 226 g/mol. The van der Waals surface area contributed by atoms with Gasteiger partial charge < -0.3 is 10.4 Å². The second-order valence-electron chi connectivity index (χ2n) is 4.34. The van der Waals surface area contributed by atoms with Gasteiger partial charge in [0.15, 0.2) is 0 Å². The van der Waals surface area contributed by atoms with Gasteiger partial charge in [0.05, 0.1) is 0 Å². The van der Waals surface area contributed by atoms with Crippen LogP contribution in [0.5, 0.6) is 5.75 Å². The zero-order valence-corrected chi connectivity index (χ0v) is 9.59. The Morgan fingerprint density at radius 1 is 1.47 bits per heavy atom. The highest BCUT2D eigenvalue weighted by atomic mass is 35.5. The summed E-state index contributed by atoms with van der Waals surface area (Å²) in [5.41, 5.74) is 0.964. The van der Waals surface area contributed by atoms with E-state index in [0.29, 0.717) is 16.7 Å². The first kappa shape index (κ1) is 10.8. The minimum absolute atomic E-state index is 0.269. The minimum atomic E-state index is 0.269. The van der Waals surface area contributed by atoms with E-state index in [1.54, 1.807) is 6.07 Å². The highest BCUT2D eigenvalue weighted by Crippen LogP contribution is 2.33. The number of phenolic OH excluding ortho intramolecular Hbond substituents is 1. The predicted molar refractivity (Wildman–Crippen MR) is 62.3 cm³/mol. The Morgan fingerprint density at radius 3 is 2.93 bits per heavy atom. The molecule has 2 atom stereocenters. The molecule has 0 unspecified atom stereocenters. The maximum absolute atomic E-state index is 9.81. The number of phenols is 1. The molecule has 0 saturated carbocycles. The van der Waals surface area contributed by atoms with Crippen molar-refractivity contribution in [3.05, 3.63) is 28.8 Å². The molecule has 1 aromatic carbocycles. The molecular formula is C12H16ClNO. The second kappa shape index (κ2) is 4.42. The molecule has 82 valence electrons. The SMILES string of the molecule is C[C@H]1CCN[C@@H](c2ccc(Cl)cc2O)C1. The summed E-state index contributed by atoms with van der Waals surface area (Å²) in [6, 6.07) is 5.62. The first-order chi connectivity index (χ1) is 7.16. The molecule has 1 aromatic rings. The van der Waals surface area contributed by atoms with Crippen molar-refractivity contribution in [2.75, 3.05) is 6.54 Å². The Labute approximate surface area is 95.3 Å². The lowest BCUT2D eigenvalue weighted by Crippen LogP contribution is -2.30. The van der Waals surface area contributed by atoms with Gasteiger partial charge in [0.2, 0.25) is 0 Å². The van der Waals surface area contributed by atoms with Crippen LogP contribution in [0.15, 0.2) is 18.2 Å². The Morgan fingerprint density at radius 2 is 2.27 bits per heavy atom. The summed E-state index contributed by atoms with van der Waals surface area (Å²) in [7, 11) is 0. The van der Waals surface area contributed by atoms with E-state index < -0.39 is 0 Å². The van der Waals surface area contributed by atoms with E-state index >= 15 is 0 Å². The van der Waals surface area contributed by atoms with Crippen molar-refractivity contribution in [1.82, 2.24) is 5.32 Å². The molecule has 2 rings (SSSR count). The van der Waals surface area contributed by atoms with Gasteiger partial charge >= 0.3 is 0 Å². The van der Waals surface area contributed by atoms with Gasteiger partial charge in [-0.1, -0.05) is 24.6 Å². The Hall–Kier alpha value is -0.730. The lowest BCUT2D eigenvalue weighted by Gasteiger charge is -2.28. The van der Waals surface area contributed by atoms with Gasteiger partial charge in [-0.15, -0.1) is 0 Å². The maximum atomic E-state index is 9.81. The van der Waals surface area contributed by atoms with Gasteiger partial charge in [-0.25, -0.2) is 0 Å². The molecule has 1 fully saturated rings. The monoisotopic (exact) mass is 225 g/mol. The molecule has 0 aromatic heterocycles. The molecule has 0 amide bonds. The number of hydrogen-bond acceptors (Lipinski definition) is 2. The molecule has 0 spiro atoms. The van der Waals surface area contributed by atoms with Crippen LogP contribution < -0.4 is 5.32 Å². The van der Waals surface area contributed by atoms with Crippen molar-refractivity contribution < 1.29 is 5.11 Å². The first-order valence-electron chi connectivity index (χ1n) is 5.38. The van der Waals surface area contributed by atoms with Crippen molar-refractivity contribution >= 4 is 11.6 Å². The molecular weight excluding hydrogens is 210 g/mol. The normalized spacial score (nSPS) is 26.5. The quantitative estimate of drug-likeness (QED) is 0.770. The van der Waals surface area contributed by atoms with Gasteiger partial charge in [0.25, 0.3) is 0 Å². The van der Waals surface area contributed by atoms with Crippen LogP contribution in [0.1, 0.15) is 31.4 Å². The zero-order valence-electron chi connectivity index (χ0n) is 8.83. The van der Waals surface area contributed by atoms with Crippen molar-refractivity contribution in [3.8, 4) is 5.75 Å². The molecule has 0 radical (unpaired) electrons. The Kier molecular flexibility index (Phi) is 3.17. The van der Waals surface area contributed by atoms with E-state index in [1.807, 2.05) is 12.1 Å². The fourth-order valence-electron chi connectivity index (χ4n) is 2.16. The van der Waals surface area contributed by atoms with Crippen LogP contribution in [-0.2, 0) is 0 Å². The van der Waals surface area contributed by atoms with E-state index in [-0.39, 0.29) is 6.04 Å². The van der Waals surface area contributed by atoms with Gasteiger partial charge in [-0.05, 0) is 37.4 Å². The van der Waals surface area contributed by atoms with Crippen molar-refractivity contribution in [2.45, 2.75) is 25.8 Å². The molecule has 1 aliphatic heterocycles. The number of halogens is 1. The van der Waals surface area contributed by atoms with Crippen LogP contribution in [0.3, 0.4) is 0 Å². The fraction of sp³-hybridized carbons (Fsp3) is 0.500. The molecule has 0 aliphatic carbocycles. The van der Waals surface area contributed by atoms with Gasteiger partial charge in [-0.3, -0.25) is 0 Å². The molecule has 1 saturated heterocycles. The van der Waals surface area contributed by atoms with Crippen molar-refractivity contribution in [2.24, 2.45) is 5.92 Å². The Balaban J connectivity index is 2.21. The van der Waals surface area contributed by atoms with Crippen molar-refractivity contribution in [1.29, 1.82) is 0 Å². The fourth-order valence-corrected chi connectivity index (χ4v) is 2.32. The summed E-state index contributed by atoms with van der Waals surface area (Å²) in [6.07, 6.45) is 2.29. The van der Waals surface area contributed by atoms with Crippen LogP contribution in [0.2, 0.25) is 5.02 Å². The topological polar surface area (TPSA) is 32.3 Å². The number of benzene rings is 1. The average Bonchev–Trinajstić information content (AvgIpc) is 2.17. The van der Waals surface area contributed by atoms with Crippen LogP contribution >= 0.6 is 11.6 Å². The van der Waals surface area contributed by atoms with E-state index in [4.69, 9.17) is 11.6 Å². The second-order valence-corrected chi connectivity index (χ2v) is 4.78. The lowest BCUT2D eigenvalue weighted by molar-refractivity contribution is 0.318. The third kappa shape index (κ3) is 2.44. The summed E-state index contributed by atoms with van der Waals surface area (Å²) in [4.78, 5) is 0. The third-order valence-electron chi connectivity index (χ3n) is 3.03. The summed E-state index contributed by atoms with van der Waals surface area (Å²) in [5, 5.41) is 13.8. The van der Waals surface area contributed by atoms with Crippen molar-refractivity contribution in [3.63, 3.8) is 0 Å². The number of hydrogen-bond donors (Lipinski definition) is 2. The van der Waals surface area contributed by atoms with E-state index in [2.05, 4.69) is 12.2 Å². The minimum Gasteiger partial charge on any atom is -0.508 e.